The highest BCUT2D eigenvalue weighted by Gasteiger charge is 2.40. The summed E-state index contributed by atoms with van der Waals surface area (Å²) in [6, 6.07) is 3.48. The van der Waals surface area contributed by atoms with Gasteiger partial charge in [-0.15, -0.1) is 0 Å². The molecule has 0 aromatic carbocycles. The molecule has 0 bridgehead atoms. The van der Waals surface area contributed by atoms with Gasteiger partial charge in [0.2, 0.25) is 5.95 Å². The van der Waals surface area contributed by atoms with Gasteiger partial charge in [-0.2, -0.15) is 4.98 Å². The molecule has 0 aliphatic carbocycles. The van der Waals surface area contributed by atoms with Crippen LogP contribution in [0.3, 0.4) is 0 Å². The van der Waals surface area contributed by atoms with Crippen molar-refractivity contribution in [2.45, 2.75) is 64.0 Å². The molecule has 0 radical (unpaired) electrons. The average molecular weight is 484 g/mol. The van der Waals surface area contributed by atoms with Crippen LogP contribution in [0.4, 0.5) is 32.2 Å². The van der Waals surface area contributed by atoms with E-state index in [0.717, 1.165) is 22.2 Å². The highest BCUT2D eigenvalue weighted by atomic mass is 19.1. The molecule has 0 spiro atoms. The Morgan fingerprint density at radius 3 is 2.66 bits per heavy atom. The van der Waals surface area contributed by atoms with E-state index in [1.165, 1.54) is 6.92 Å². The van der Waals surface area contributed by atoms with E-state index < -0.39 is 17.9 Å². The van der Waals surface area contributed by atoms with Crippen molar-refractivity contribution >= 4 is 34.2 Å². The second-order valence-corrected chi connectivity index (χ2v) is 10.1. The molecule has 2 aliphatic heterocycles. The number of pyridine rings is 2. The van der Waals surface area contributed by atoms with Gasteiger partial charge in [0.05, 0.1) is 25.2 Å². The molecule has 2 fully saturated rings. The molecule has 186 valence electrons. The SMILES string of the molecule is CC(C)c1cnc(N2CC(F)C2C)c2cnc(Nc3ccnc(N4CC[C@@H](O)[C@@](C)(F)C4)n3)cc12. The Morgan fingerprint density at radius 2 is 1.97 bits per heavy atom. The monoisotopic (exact) mass is 483 g/mol. The Labute approximate surface area is 203 Å². The van der Waals surface area contributed by atoms with E-state index in [1.807, 2.05) is 24.1 Å². The quantitative estimate of drug-likeness (QED) is 0.560. The standard InChI is InChI=1S/C25H31F2N7O/c1-14(2)17-10-30-23(34-12-19(26)15(34)3)18-11-29-22(9-16(17)18)31-21-5-7-28-24(32-21)33-8-6-20(35)25(4,27)13-33/h5,7,9-11,14-15,19-20,35H,6,8,12-13H2,1-4H3,(H,28,29,31,32)/t15?,19?,20-,25+/m1/s1. The van der Waals surface area contributed by atoms with Crippen molar-refractivity contribution in [2.75, 3.05) is 34.8 Å². The first-order chi connectivity index (χ1) is 16.6. The fraction of sp³-hybridized carbons (Fsp3) is 0.520. The van der Waals surface area contributed by atoms with Crippen molar-refractivity contribution in [3.8, 4) is 0 Å². The first-order valence-electron chi connectivity index (χ1n) is 12.1. The fourth-order valence-corrected chi connectivity index (χ4v) is 4.75. The predicted octanol–water partition coefficient (Wildman–Crippen LogP) is 4.13. The molecule has 5 heterocycles. The van der Waals surface area contributed by atoms with Gasteiger partial charge in [0.15, 0.2) is 5.67 Å². The van der Waals surface area contributed by atoms with E-state index in [-0.39, 0.29) is 18.5 Å². The molecule has 10 heteroatoms. The molecule has 8 nitrogen and oxygen atoms in total. The number of anilines is 4. The summed E-state index contributed by atoms with van der Waals surface area (Å²) in [5.74, 6) is 2.52. The molecule has 3 aromatic rings. The van der Waals surface area contributed by atoms with E-state index >= 15 is 0 Å². The molecular formula is C25H31F2N7O. The molecule has 2 unspecified atom stereocenters. The Hall–Kier alpha value is -3.14. The predicted molar refractivity (Wildman–Crippen MR) is 133 cm³/mol. The van der Waals surface area contributed by atoms with Crippen LogP contribution in [-0.4, -0.2) is 68.7 Å². The Bertz CT molecular complexity index is 1240. The third-order valence-corrected chi connectivity index (χ3v) is 7.11. The molecular weight excluding hydrogens is 452 g/mol. The molecule has 2 saturated heterocycles. The summed E-state index contributed by atoms with van der Waals surface area (Å²) in [5, 5.41) is 15.0. The number of halogens is 2. The molecule has 2 aliphatic rings. The maximum atomic E-state index is 14.7. The Kier molecular flexibility index (Phi) is 5.94. The zero-order valence-electron chi connectivity index (χ0n) is 20.4. The van der Waals surface area contributed by atoms with Crippen LogP contribution in [0.2, 0.25) is 0 Å². The van der Waals surface area contributed by atoms with Crippen molar-refractivity contribution < 1.29 is 13.9 Å². The van der Waals surface area contributed by atoms with Crippen LogP contribution in [0.5, 0.6) is 0 Å². The summed E-state index contributed by atoms with van der Waals surface area (Å²) >= 11 is 0. The number of alkyl halides is 2. The second kappa shape index (κ2) is 8.82. The van der Waals surface area contributed by atoms with Gasteiger partial charge in [0.1, 0.15) is 23.6 Å². The molecule has 0 amide bonds. The number of aliphatic hydroxyl groups excluding tert-OH is 1. The van der Waals surface area contributed by atoms with Gasteiger partial charge in [-0.3, -0.25) is 0 Å². The number of nitrogens with zero attached hydrogens (tertiary/aromatic N) is 6. The van der Waals surface area contributed by atoms with Crippen molar-refractivity contribution in [1.82, 2.24) is 19.9 Å². The normalized spacial score (nSPS) is 26.8. The van der Waals surface area contributed by atoms with E-state index in [9.17, 15) is 13.9 Å². The number of hydrogen-bond donors (Lipinski definition) is 2. The number of nitrogens with one attached hydrogen (secondary N) is 1. The smallest absolute Gasteiger partial charge is 0.227 e. The van der Waals surface area contributed by atoms with Gasteiger partial charge < -0.3 is 20.2 Å². The van der Waals surface area contributed by atoms with Crippen LogP contribution in [0.25, 0.3) is 10.8 Å². The lowest BCUT2D eigenvalue weighted by molar-refractivity contribution is -0.00860. The fourth-order valence-electron chi connectivity index (χ4n) is 4.75. The number of fused-ring (bicyclic) bond motifs is 1. The van der Waals surface area contributed by atoms with Gasteiger partial charge >= 0.3 is 0 Å². The number of piperidine rings is 1. The third-order valence-electron chi connectivity index (χ3n) is 7.11. The van der Waals surface area contributed by atoms with Gasteiger partial charge in [0.25, 0.3) is 0 Å². The van der Waals surface area contributed by atoms with Crippen LogP contribution in [0, 0.1) is 0 Å². The molecule has 4 atom stereocenters. The molecule has 35 heavy (non-hydrogen) atoms. The average Bonchev–Trinajstić information content (AvgIpc) is 2.83. The number of aliphatic hydroxyl groups is 1. The molecule has 0 saturated carbocycles. The topological polar surface area (TPSA) is 90.3 Å². The van der Waals surface area contributed by atoms with Crippen LogP contribution in [0.15, 0.2) is 30.7 Å². The van der Waals surface area contributed by atoms with Crippen LogP contribution < -0.4 is 15.1 Å². The minimum absolute atomic E-state index is 0.0219. The van der Waals surface area contributed by atoms with Crippen LogP contribution in [0.1, 0.15) is 45.6 Å². The highest BCUT2D eigenvalue weighted by molar-refractivity contribution is 5.96. The number of rotatable bonds is 5. The summed E-state index contributed by atoms with van der Waals surface area (Å²) in [5.41, 5.74) is -0.642. The summed E-state index contributed by atoms with van der Waals surface area (Å²) in [6.45, 7) is 8.31. The van der Waals surface area contributed by atoms with Crippen LogP contribution >= 0.6 is 0 Å². The maximum absolute atomic E-state index is 14.7. The largest absolute Gasteiger partial charge is 0.390 e. The lowest BCUT2D eigenvalue weighted by Gasteiger charge is -2.43. The zero-order valence-corrected chi connectivity index (χ0v) is 20.4. The van der Waals surface area contributed by atoms with Gasteiger partial charge in [-0.25, -0.2) is 23.7 Å². The highest BCUT2D eigenvalue weighted by Crippen LogP contribution is 2.36. The van der Waals surface area contributed by atoms with Crippen molar-refractivity contribution in [3.05, 3.63) is 36.3 Å². The number of hydrogen-bond acceptors (Lipinski definition) is 8. The minimum Gasteiger partial charge on any atom is -0.390 e. The first-order valence-corrected chi connectivity index (χ1v) is 12.1. The lowest BCUT2D eigenvalue weighted by Crippen LogP contribution is -2.57. The Morgan fingerprint density at radius 1 is 1.17 bits per heavy atom. The van der Waals surface area contributed by atoms with Crippen molar-refractivity contribution in [1.29, 1.82) is 0 Å². The number of aromatic nitrogens is 4. The molecule has 5 rings (SSSR count). The van der Waals surface area contributed by atoms with Crippen molar-refractivity contribution in [3.63, 3.8) is 0 Å². The van der Waals surface area contributed by atoms with Crippen molar-refractivity contribution in [2.24, 2.45) is 0 Å². The van der Waals surface area contributed by atoms with Gasteiger partial charge in [-0.05, 0) is 49.3 Å². The van der Waals surface area contributed by atoms with E-state index in [1.54, 1.807) is 23.4 Å². The Balaban J connectivity index is 1.44. The first kappa shape index (κ1) is 23.6. The van der Waals surface area contributed by atoms with Gasteiger partial charge in [-0.1, -0.05) is 13.8 Å². The van der Waals surface area contributed by atoms with Gasteiger partial charge in [0, 0.05) is 30.5 Å². The van der Waals surface area contributed by atoms with E-state index in [0.29, 0.717) is 37.1 Å². The summed E-state index contributed by atoms with van der Waals surface area (Å²) in [4.78, 5) is 21.8. The summed E-state index contributed by atoms with van der Waals surface area (Å²) in [6.07, 6.45) is 3.72. The second-order valence-electron chi connectivity index (χ2n) is 10.1. The lowest BCUT2D eigenvalue weighted by atomic mass is 9.94. The molecule has 2 N–H and O–H groups in total. The van der Waals surface area contributed by atoms with Crippen LogP contribution in [-0.2, 0) is 0 Å². The minimum atomic E-state index is -1.72. The zero-order chi connectivity index (χ0) is 24.9. The summed E-state index contributed by atoms with van der Waals surface area (Å²) < 4.78 is 28.5. The molecule has 3 aromatic heterocycles. The maximum Gasteiger partial charge on any atom is 0.227 e. The third kappa shape index (κ3) is 4.35. The summed E-state index contributed by atoms with van der Waals surface area (Å²) in [7, 11) is 0. The van der Waals surface area contributed by atoms with E-state index in [2.05, 4.69) is 39.1 Å². The van der Waals surface area contributed by atoms with E-state index in [4.69, 9.17) is 0 Å².